The lowest BCUT2D eigenvalue weighted by molar-refractivity contribution is -0.152. The van der Waals surface area contributed by atoms with Gasteiger partial charge in [0, 0.05) is 13.0 Å². The van der Waals surface area contributed by atoms with E-state index in [2.05, 4.69) is 58.9 Å². The number of carbonyl (C=O) groups is 5. The van der Waals surface area contributed by atoms with Crippen LogP contribution in [0.15, 0.2) is 60.7 Å². The Labute approximate surface area is 320 Å². The molecule has 0 aliphatic heterocycles. The maximum absolute atomic E-state index is 13.0. The molecule has 6 N–H and O–H groups in total. The van der Waals surface area contributed by atoms with Crippen LogP contribution in [0.1, 0.15) is 105 Å². The number of ether oxygens (including phenoxy) is 1. The minimum atomic E-state index is -2.87. The van der Waals surface area contributed by atoms with E-state index >= 15 is 0 Å². The normalized spacial score (nSPS) is 11.4. The SMILES string of the molecule is CCCCCC(CCCCC)CC(=O)OCC(CO)(CO)CO[Si](c1ccccc1)(c1ccccc1)C(C)(C)C.O=C(O)CC(=O)O.O=C(O)CC(=O)O. The fourth-order valence-corrected chi connectivity index (χ4v) is 10.5. The van der Waals surface area contributed by atoms with Crippen LogP contribution in [0.5, 0.6) is 0 Å². The Bertz CT molecular complexity index is 1270. The molecule has 0 spiro atoms. The highest BCUT2D eigenvalue weighted by Gasteiger charge is 2.51. The van der Waals surface area contributed by atoms with E-state index in [4.69, 9.17) is 29.6 Å². The van der Waals surface area contributed by atoms with E-state index < -0.39 is 50.5 Å². The Morgan fingerprint density at radius 3 is 1.31 bits per heavy atom. The van der Waals surface area contributed by atoms with Crippen molar-refractivity contribution < 1.29 is 63.8 Å². The third kappa shape index (κ3) is 19.3. The van der Waals surface area contributed by atoms with Gasteiger partial charge in [0.1, 0.15) is 19.4 Å². The molecule has 14 heteroatoms. The molecular formula is C40H62O13Si. The van der Waals surface area contributed by atoms with Gasteiger partial charge in [0.2, 0.25) is 0 Å². The van der Waals surface area contributed by atoms with Crippen LogP contribution in [0.2, 0.25) is 5.04 Å². The topological polar surface area (TPSA) is 225 Å². The first kappa shape index (κ1) is 49.9. The van der Waals surface area contributed by atoms with Crippen LogP contribution in [0.4, 0.5) is 0 Å². The largest absolute Gasteiger partial charge is 0.481 e. The Kier molecular flexibility index (Phi) is 24.6. The third-order valence-electron chi connectivity index (χ3n) is 8.71. The quantitative estimate of drug-likeness (QED) is 0.0363. The van der Waals surface area contributed by atoms with Crippen molar-refractivity contribution in [3.8, 4) is 0 Å². The first-order chi connectivity index (χ1) is 25.4. The van der Waals surface area contributed by atoms with Crippen LogP contribution in [-0.2, 0) is 33.1 Å². The molecule has 0 saturated carbocycles. The zero-order valence-electron chi connectivity index (χ0n) is 32.5. The van der Waals surface area contributed by atoms with Gasteiger partial charge in [0.15, 0.2) is 0 Å². The van der Waals surface area contributed by atoms with Crippen LogP contribution >= 0.6 is 0 Å². The number of rotatable bonds is 23. The van der Waals surface area contributed by atoms with E-state index in [0.29, 0.717) is 12.3 Å². The van der Waals surface area contributed by atoms with Gasteiger partial charge < -0.3 is 39.8 Å². The first-order valence-corrected chi connectivity index (χ1v) is 20.3. The van der Waals surface area contributed by atoms with E-state index in [1.54, 1.807) is 0 Å². The summed E-state index contributed by atoms with van der Waals surface area (Å²) in [5, 5.41) is 53.8. The Morgan fingerprint density at radius 1 is 0.630 bits per heavy atom. The number of benzene rings is 2. The molecule has 2 rings (SSSR count). The fraction of sp³-hybridized carbons (Fsp3) is 0.575. The van der Waals surface area contributed by atoms with Crippen molar-refractivity contribution in [1.29, 1.82) is 0 Å². The van der Waals surface area contributed by atoms with Gasteiger partial charge in [-0.25, -0.2) is 0 Å². The second-order valence-corrected chi connectivity index (χ2v) is 18.7. The predicted octanol–water partition coefficient (Wildman–Crippen LogP) is 5.34. The number of aliphatic hydroxyl groups excluding tert-OH is 2. The first-order valence-electron chi connectivity index (χ1n) is 18.4. The van der Waals surface area contributed by atoms with Gasteiger partial charge in [-0.3, -0.25) is 24.0 Å². The summed E-state index contributed by atoms with van der Waals surface area (Å²) in [4.78, 5) is 50.7. The molecule has 0 heterocycles. The minimum Gasteiger partial charge on any atom is -0.481 e. The minimum absolute atomic E-state index is 0.0757. The van der Waals surface area contributed by atoms with E-state index in [1.807, 2.05) is 36.4 Å². The van der Waals surface area contributed by atoms with Gasteiger partial charge in [-0.05, 0) is 34.2 Å². The van der Waals surface area contributed by atoms with Gasteiger partial charge >= 0.3 is 29.8 Å². The molecule has 304 valence electrons. The molecule has 0 aliphatic carbocycles. The summed E-state index contributed by atoms with van der Waals surface area (Å²) in [6, 6.07) is 20.6. The zero-order chi connectivity index (χ0) is 41.2. The van der Waals surface area contributed by atoms with Crippen LogP contribution in [0, 0.1) is 11.3 Å². The summed E-state index contributed by atoms with van der Waals surface area (Å²) in [6.07, 6.45) is 7.78. The highest BCUT2D eigenvalue weighted by molar-refractivity contribution is 6.99. The average molecular weight is 779 g/mol. The zero-order valence-corrected chi connectivity index (χ0v) is 33.5. The molecule has 0 fully saturated rings. The molecule has 0 unspecified atom stereocenters. The number of unbranched alkanes of at least 4 members (excludes halogenated alkanes) is 4. The van der Waals surface area contributed by atoms with Gasteiger partial charge in [0.25, 0.3) is 8.32 Å². The number of hydrogen-bond donors (Lipinski definition) is 6. The number of esters is 1. The number of carboxylic acid groups (broad SMARTS) is 4. The molecule has 0 atom stereocenters. The fourth-order valence-electron chi connectivity index (χ4n) is 5.80. The van der Waals surface area contributed by atoms with Crippen molar-refractivity contribution in [1.82, 2.24) is 0 Å². The summed E-state index contributed by atoms with van der Waals surface area (Å²) in [5.41, 5.74) is -1.09. The van der Waals surface area contributed by atoms with Gasteiger partial charge in [-0.15, -0.1) is 0 Å². The summed E-state index contributed by atoms with van der Waals surface area (Å²) in [7, 11) is -2.87. The lowest BCUT2D eigenvalue weighted by Crippen LogP contribution is -2.67. The van der Waals surface area contributed by atoms with Crippen LogP contribution < -0.4 is 10.4 Å². The predicted molar refractivity (Wildman–Crippen MR) is 207 cm³/mol. The van der Waals surface area contributed by atoms with Crippen molar-refractivity contribution in [3.05, 3.63) is 60.7 Å². The monoisotopic (exact) mass is 778 g/mol. The molecule has 0 bridgehead atoms. The molecular weight excluding hydrogens is 717 g/mol. The summed E-state index contributed by atoms with van der Waals surface area (Å²) in [5.74, 6) is -5.19. The van der Waals surface area contributed by atoms with E-state index in [9.17, 15) is 34.2 Å². The second kappa shape index (κ2) is 26.6. The Morgan fingerprint density at radius 2 is 1.02 bits per heavy atom. The van der Waals surface area contributed by atoms with Crippen molar-refractivity contribution >= 4 is 48.5 Å². The molecule has 2 aromatic rings. The van der Waals surface area contributed by atoms with Gasteiger partial charge in [-0.1, -0.05) is 134 Å². The maximum Gasteiger partial charge on any atom is 0.314 e. The smallest absolute Gasteiger partial charge is 0.314 e. The van der Waals surface area contributed by atoms with Crippen LogP contribution in [0.3, 0.4) is 0 Å². The summed E-state index contributed by atoms with van der Waals surface area (Å²) >= 11 is 0. The van der Waals surface area contributed by atoms with E-state index in [-0.39, 0.29) is 37.4 Å². The number of carboxylic acids is 4. The lowest BCUT2D eigenvalue weighted by Gasteiger charge is -2.45. The number of hydrogen-bond acceptors (Lipinski definition) is 9. The number of aliphatic carboxylic acids is 4. The maximum atomic E-state index is 13.0. The molecule has 2 aromatic carbocycles. The highest BCUT2D eigenvalue weighted by atomic mass is 28.4. The molecule has 0 amide bonds. The van der Waals surface area contributed by atoms with Crippen molar-refractivity contribution in [3.63, 3.8) is 0 Å². The van der Waals surface area contributed by atoms with E-state index in [1.165, 1.54) is 12.8 Å². The third-order valence-corrected chi connectivity index (χ3v) is 13.7. The average Bonchev–Trinajstić information content (AvgIpc) is 3.10. The highest BCUT2D eigenvalue weighted by Crippen LogP contribution is 2.38. The summed E-state index contributed by atoms with van der Waals surface area (Å²) in [6.45, 7) is 10.3. The Balaban J connectivity index is 0.00000169. The van der Waals surface area contributed by atoms with E-state index in [0.717, 1.165) is 48.9 Å². The standard InChI is InChI=1S/C34H54O5Si.2C3H4O4/c1-6-8-12-18-29(19-13-9-7-2)24-32(37)38-27-34(25-35,26-36)28-39-40(33(3,4)5,30-20-14-10-15-21-30)31-22-16-11-17-23-31;2*4-2(5)1-3(6)7/h10-11,14-17,20-23,29,35-36H,6-9,12-13,18-19,24-28H2,1-5H3;2*1H2,(H,4,5)(H,6,7). The number of aliphatic hydroxyl groups is 2. The van der Waals surface area contributed by atoms with Crippen LogP contribution in [0.25, 0.3) is 0 Å². The van der Waals surface area contributed by atoms with Crippen molar-refractivity contribution in [2.75, 3.05) is 26.4 Å². The summed E-state index contributed by atoms with van der Waals surface area (Å²) < 4.78 is 12.8. The van der Waals surface area contributed by atoms with Gasteiger partial charge in [0.05, 0.1) is 18.6 Å². The molecule has 54 heavy (non-hydrogen) atoms. The van der Waals surface area contributed by atoms with Gasteiger partial charge in [-0.2, -0.15) is 0 Å². The Hall–Kier alpha value is -4.11. The molecule has 13 nitrogen and oxygen atoms in total. The molecule has 0 aliphatic rings. The molecule has 0 radical (unpaired) electrons. The van der Waals surface area contributed by atoms with Crippen molar-refractivity contribution in [2.45, 2.75) is 110 Å². The molecule has 0 aromatic heterocycles. The second-order valence-electron chi connectivity index (χ2n) is 14.4. The molecule has 0 saturated heterocycles. The van der Waals surface area contributed by atoms with Crippen LogP contribution in [-0.4, -0.2) is 95.2 Å². The lowest BCUT2D eigenvalue weighted by atomic mass is 9.91. The number of carbonyl (C=O) groups excluding carboxylic acids is 1. The van der Waals surface area contributed by atoms with Crippen molar-refractivity contribution in [2.24, 2.45) is 11.3 Å².